The molecule has 0 radical (unpaired) electrons. The van der Waals surface area contributed by atoms with Crippen molar-refractivity contribution in [2.24, 2.45) is 11.6 Å². The fourth-order valence-corrected chi connectivity index (χ4v) is 2.62. The first-order valence-electron chi connectivity index (χ1n) is 9.10. The van der Waals surface area contributed by atoms with Crippen LogP contribution in [0.25, 0.3) is 0 Å². The van der Waals surface area contributed by atoms with Crippen molar-refractivity contribution >= 4 is 17.4 Å². The molecule has 0 saturated heterocycles. The zero-order valence-electron chi connectivity index (χ0n) is 16.5. The lowest BCUT2D eigenvalue weighted by Crippen LogP contribution is -2.37. The van der Waals surface area contributed by atoms with Gasteiger partial charge in [-0.3, -0.25) is 15.6 Å². The highest BCUT2D eigenvalue weighted by molar-refractivity contribution is 5.95. The summed E-state index contributed by atoms with van der Waals surface area (Å²) in [7, 11) is 1.60. The maximum absolute atomic E-state index is 12.4. The third-order valence-corrected chi connectivity index (χ3v) is 4.06. The van der Waals surface area contributed by atoms with E-state index >= 15 is 0 Å². The van der Waals surface area contributed by atoms with Crippen molar-refractivity contribution in [3.63, 3.8) is 0 Å². The van der Waals surface area contributed by atoms with E-state index in [1.807, 2.05) is 6.92 Å². The van der Waals surface area contributed by atoms with Crippen molar-refractivity contribution in [1.82, 2.24) is 5.43 Å². The predicted molar refractivity (Wildman–Crippen MR) is 111 cm³/mol. The Morgan fingerprint density at radius 2 is 1.83 bits per heavy atom. The zero-order valence-corrected chi connectivity index (χ0v) is 16.5. The van der Waals surface area contributed by atoms with Gasteiger partial charge in [0.1, 0.15) is 18.5 Å². The number of amidine groups is 1. The Morgan fingerprint density at radius 3 is 2.41 bits per heavy atom. The quantitative estimate of drug-likeness (QED) is 0.0959. The molecule has 2 aromatic rings. The summed E-state index contributed by atoms with van der Waals surface area (Å²) < 4.78 is 16.3. The number of benzene rings is 2. The second kappa shape index (κ2) is 10.9. The highest BCUT2D eigenvalue weighted by Gasteiger charge is 2.22. The lowest BCUT2D eigenvalue weighted by atomic mass is 10.0. The van der Waals surface area contributed by atoms with E-state index in [4.69, 9.17) is 31.2 Å². The van der Waals surface area contributed by atoms with Crippen LogP contribution in [-0.2, 0) is 9.53 Å². The van der Waals surface area contributed by atoms with Crippen molar-refractivity contribution in [3.05, 3.63) is 53.6 Å². The molecular formula is C20H27N5O4. The molecule has 0 aromatic heterocycles. The smallest absolute Gasteiger partial charge is 0.261 e. The molecule has 9 heteroatoms. The Morgan fingerprint density at radius 1 is 1.10 bits per heavy atom. The molecule has 0 aliphatic carbocycles. The first kappa shape index (κ1) is 22.0. The number of hydrogen-bond acceptors (Lipinski definition) is 7. The Bertz CT molecular complexity index is 826. The van der Waals surface area contributed by atoms with Crippen LogP contribution in [0.15, 0.2) is 42.5 Å². The predicted octanol–water partition coefficient (Wildman–Crippen LogP) is 1.54. The van der Waals surface area contributed by atoms with Gasteiger partial charge in [0.15, 0.2) is 11.5 Å². The number of nitrogens with two attached hydrogens (primary N) is 2. The zero-order chi connectivity index (χ0) is 21.2. The van der Waals surface area contributed by atoms with Gasteiger partial charge in [-0.1, -0.05) is 6.07 Å². The molecule has 1 unspecified atom stereocenters. The molecule has 0 spiro atoms. The van der Waals surface area contributed by atoms with E-state index in [9.17, 15) is 4.79 Å². The number of nitrogens with one attached hydrogen (secondary N) is 3. The van der Waals surface area contributed by atoms with Crippen LogP contribution in [0, 0.1) is 5.41 Å². The van der Waals surface area contributed by atoms with Crippen LogP contribution in [0.4, 0.5) is 5.69 Å². The molecule has 29 heavy (non-hydrogen) atoms. The molecule has 0 bridgehead atoms. The third-order valence-electron chi connectivity index (χ3n) is 4.06. The molecule has 0 saturated carbocycles. The molecule has 2 aromatic carbocycles. The molecule has 0 fully saturated rings. The summed E-state index contributed by atoms with van der Waals surface area (Å²) in [6.45, 7) is 3.13. The van der Waals surface area contributed by atoms with Crippen molar-refractivity contribution in [2.45, 2.75) is 13.0 Å². The number of nitrogen functional groups attached to an aromatic ring is 1. The van der Waals surface area contributed by atoms with Gasteiger partial charge in [-0.15, -0.1) is 0 Å². The number of hydrogen-bond donors (Lipinski definition) is 5. The van der Waals surface area contributed by atoms with E-state index in [-0.39, 0.29) is 5.84 Å². The number of ether oxygens (including phenoxy) is 3. The van der Waals surface area contributed by atoms with Crippen molar-refractivity contribution in [1.29, 1.82) is 5.41 Å². The second-order valence-corrected chi connectivity index (χ2v) is 6.06. The second-order valence-electron chi connectivity index (χ2n) is 6.06. The monoisotopic (exact) mass is 401 g/mol. The SMILES string of the molecule is CCOc1cc(C(Nc2ccc(C(=N)N)cc2)C(=O)NN)ccc1OCCOC. The lowest BCUT2D eigenvalue weighted by molar-refractivity contribution is -0.122. The average molecular weight is 401 g/mol. The Labute approximate surface area is 169 Å². The molecule has 7 N–H and O–H groups in total. The summed E-state index contributed by atoms with van der Waals surface area (Å²) in [5, 5.41) is 10.6. The van der Waals surface area contributed by atoms with Gasteiger partial charge in [0.25, 0.3) is 5.91 Å². The van der Waals surface area contributed by atoms with E-state index in [0.29, 0.717) is 48.1 Å². The molecule has 1 amide bonds. The normalized spacial score (nSPS) is 11.4. The van der Waals surface area contributed by atoms with E-state index in [2.05, 4.69) is 10.7 Å². The number of rotatable bonds is 11. The molecule has 0 heterocycles. The first-order valence-corrected chi connectivity index (χ1v) is 9.10. The van der Waals surface area contributed by atoms with Crippen LogP contribution in [0.5, 0.6) is 11.5 Å². The van der Waals surface area contributed by atoms with Gasteiger partial charge in [0.2, 0.25) is 0 Å². The number of carbonyl (C=O) groups is 1. The van der Waals surface area contributed by atoms with Crippen molar-refractivity contribution in [3.8, 4) is 11.5 Å². The fourth-order valence-electron chi connectivity index (χ4n) is 2.62. The molecule has 9 nitrogen and oxygen atoms in total. The van der Waals surface area contributed by atoms with Gasteiger partial charge in [-0.25, -0.2) is 5.84 Å². The van der Waals surface area contributed by atoms with Crippen LogP contribution in [0.1, 0.15) is 24.1 Å². The number of amides is 1. The highest BCUT2D eigenvalue weighted by Crippen LogP contribution is 2.32. The van der Waals surface area contributed by atoms with Crippen LogP contribution in [-0.4, -0.2) is 38.7 Å². The highest BCUT2D eigenvalue weighted by atomic mass is 16.5. The molecule has 0 aliphatic rings. The van der Waals surface area contributed by atoms with Crippen LogP contribution in [0.2, 0.25) is 0 Å². The Kier molecular flexibility index (Phi) is 8.26. The maximum atomic E-state index is 12.4. The molecule has 156 valence electrons. The third kappa shape index (κ3) is 6.09. The standard InChI is InChI=1S/C20H27N5O4/c1-3-28-17-12-14(6-9-16(17)29-11-10-27-2)18(20(26)25-23)24-15-7-4-13(5-8-15)19(21)22/h4-9,12,18,24H,3,10-11,23H2,1-2H3,(H3,21,22)(H,25,26). The summed E-state index contributed by atoms with van der Waals surface area (Å²) in [4.78, 5) is 12.4. The van der Waals surface area contributed by atoms with E-state index in [1.54, 1.807) is 49.6 Å². The van der Waals surface area contributed by atoms with E-state index in [1.165, 1.54) is 0 Å². The van der Waals surface area contributed by atoms with Gasteiger partial charge in [0, 0.05) is 18.4 Å². The average Bonchev–Trinajstić information content (AvgIpc) is 2.73. The fraction of sp³-hybridized carbons (Fsp3) is 0.300. The number of hydrazine groups is 1. The Hall–Kier alpha value is -3.30. The minimum Gasteiger partial charge on any atom is -0.490 e. The van der Waals surface area contributed by atoms with Crippen LogP contribution < -0.4 is 31.8 Å². The van der Waals surface area contributed by atoms with Gasteiger partial charge in [-0.05, 0) is 48.9 Å². The topological polar surface area (TPSA) is 145 Å². The van der Waals surface area contributed by atoms with Crippen LogP contribution >= 0.6 is 0 Å². The minimum absolute atomic E-state index is 0.0294. The molecule has 1 atom stereocenters. The molecule has 2 rings (SSSR count). The molecular weight excluding hydrogens is 374 g/mol. The first-order chi connectivity index (χ1) is 14.0. The van der Waals surface area contributed by atoms with Gasteiger partial charge in [-0.2, -0.15) is 0 Å². The summed E-state index contributed by atoms with van der Waals surface area (Å²) in [6, 6.07) is 11.3. The summed E-state index contributed by atoms with van der Waals surface area (Å²) in [6.07, 6.45) is 0. The Balaban J connectivity index is 2.29. The summed E-state index contributed by atoms with van der Waals surface area (Å²) >= 11 is 0. The van der Waals surface area contributed by atoms with Crippen LogP contribution in [0.3, 0.4) is 0 Å². The lowest BCUT2D eigenvalue weighted by Gasteiger charge is -2.21. The van der Waals surface area contributed by atoms with Gasteiger partial charge < -0.3 is 25.3 Å². The number of carbonyl (C=O) groups excluding carboxylic acids is 1. The summed E-state index contributed by atoms with van der Waals surface area (Å²) in [5.74, 6) is 6.01. The maximum Gasteiger partial charge on any atom is 0.261 e. The molecule has 0 aliphatic heterocycles. The number of methoxy groups -OCH3 is 1. The van der Waals surface area contributed by atoms with Crippen molar-refractivity contribution < 1.29 is 19.0 Å². The van der Waals surface area contributed by atoms with E-state index in [0.717, 1.165) is 0 Å². The van der Waals surface area contributed by atoms with Gasteiger partial charge in [0.05, 0.1) is 13.2 Å². The number of anilines is 1. The minimum atomic E-state index is -0.768. The van der Waals surface area contributed by atoms with Crippen molar-refractivity contribution in [2.75, 3.05) is 32.2 Å². The summed E-state index contributed by atoms with van der Waals surface area (Å²) in [5.41, 5.74) is 9.56. The van der Waals surface area contributed by atoms with Gasteiger partial charge >= 0.3 is 0 Å². The van der Waals surface area contributed by atoms with E-state index < -0.39 is 11.9 Å². The largest absolute Gasteiger partial charge is 0.490 e.